The lowest BCUT2D eigenvalue weighted by Gasteiger charge is -2.39. The number of rotatable bonds is 6. The lowest BCUT2D eigenvalue weighted by atomic mass is 9.73. The lowest BCUT2D eigenvalue weighted by Crippen LogP contribution is -2.51. The lowest BCUT2D eigenvalue weighted by molar-refractivity contribution is -0.137. The number of amides is 2. The van der Waals surface area contributed by atoms with E-state index in [1.165, 1.54) is 12.8 Å². The normalized spacial score (nSPS) is 22.9. The molecule has 2 unspecified atom stereocenters. The minimum Gasteiger partial charge on any atom is -0.481 e. The summed E-state index contributed by atoms with van der Waals surface area (Å²) in [6.07, 6.45) is 6.02. The van der Waals surface area contributed by atoms with Crippen LogP contribution in [0.1, 0.15) is 65.7 Å². The summed E-state index contributed by atoms with van der Waals surface area (Å²) in [6.45, 7) is 6.31. The maximum atomic E-state index is 12.0. The molecule has 0 aromatic rings. The molecule has 2 amide bonds. The van der Waals surface area contributed by atoms with Gasteiger partial charge in [0.2, 0.25) is 0 Å². The number of hydrogen-bond acceptors (Lipinski definition) is 2. The average Bonchev–Trinajstić information content (AvgIpc) is 2.31. The smallest absolute Gasteiger partial charge is 0.315 e. The molecule has 1 aliphatic rings. The SMILES string of the molecule is CC(CCCC(=O)O)NC(=O)NC1CCCCC1(C)C. The summed E-state index contributed by atoms with van der Waals surface area (Å²) in [5, 5.41) is 14.6. The van der Waals surface area contributed by atoms with Gasteiger partial charge in [-0.3, -0.25) is 4.79 Å². The largest absolute Gasteiger partial charge is 0.481 e. The Morgan fingerprint density at radius 3 is 2.65 bits per heavy atom. The second kappa shape index (κ2) is 7.50. The van der Waals surface area contributed by atoms with Crippen LogP contribution in [0, 0.1) is 5.41 Å². The molecule has 5 nitrogen and oxygen atoms in total. The summed E-state index contributed by atoms with van der Waals surface area (Å²) in [6, 6.07) is 0.0938. The molecule has 0 bridgehead atoms. The number of nitrogens with one attached hydrogen (secondary N) is 2. The van der Waals surface area contributed by atoms with Crippen molar-refractivity contribution in [2.45, 2.75) is 77.8 Å². The molecule has 0 spiro atoms. The molecule has 116 valence electrons. The minimum absolute atomic E-state index is 0.000975. The summed E-state index contributed by atoms with van der Waals surface area (Å²) in [4.78, 5) is 22.4. The highest BCUT2D eigenvalue weighted by molar-refractivity contribution is 5.74. The van der Waals surface area contributed by atoms with Crippen LogP contribution < -0.4 is 10.6 Å². The Kier molecular flexibility index (Phi) is 6.30. The second-order valence-corrected chi connectivity index (χ2v) is 6.59. The topological polar surface area (TPSA) is 78.4 Å². The fourth-order valence-corrected chi connectivity index (χ4v) is 2.82. The standard InChI is InChI=1S/C15H28N2O3/c1-11(7-6-9-13(18)19)16-14(20)17-12-8-4-5-10-15(12,2)3/h11-12H,4-10H2,1-3H3,(H,18,19)(H2,16,17,20). The number of carbonyl (C=O) groups excluding carboxylic acids is 1. The van der Waals surface area contributed by atoms with Crippen LogP contribution >= 0.6 is 0 Å². The van der Waals surface area contributed by atoms with Gasteiger partial charge in [0.1, 0.15) is 0 Å². The first-order valence-electron chi connectivity index (χ1n) is 7.60. The number of urea groups is 1. The first-order chi connectivity index (χ1) is 9.31. The van der Waals surface area contributed by atoms with Gasteiger partial charge in [-0.1, -0.05) is 26.7 Å². The molecule has 0 heterocycles. The Hall–Kier alpha value is -1.26. The quantitative estimate of drug-likeness (QED) is 0.701. The van der Waals surface area contributed by atoms with Gasteiger partial charge in [0.05, 0.1) is 0 Å². The van der Waals surface area contributed by atoms with E-state index in [1.54, 1.807) is 0 Å². The van der Waals surface area contributed by atoms with Crippen molar-refractivity contribution in [3.8, 4) is 0 Å². The molecule has 0 aromatic carbocycles. The summed E-state index contributed by atoms with van der Waals surface area (Å²) in [7, 11) is 0. The van der Waals surface area contributed by atoms with Gasteiger partial charge in [-0.15, -0.1) is 0 Å². The van der Waals surface area contributed by atoms with Crippen LogP contribution in [0.5, 0.6) is 0 Å². The maximum Gasteiger partial charge on any atom is 0.315 e. The highest BCUT2D eigenvalue weighted by Gasteiger charge is 2.33. The summed E-state index contributed by atoms with van der Waals surface area (Å²) in [5.74, 6) is -0.786. The van der Waals surface area contributed by atoms with Crippen molar-refractivity contribution < 1.29 is 14.7 Å². The monoisotopic (exact) mass is 284 g/mol. The van der Waals surface area contributed by atoms with Crippen molar-refractivity contribution in [3.05, 3.63) is 0 Å². The predicted molar refractivity (Wildman–Crippen MR) is 78.7 cm³/mol. The van der Waals surface area contributed by atoms with Crippen molar-refractivity contribution in [2.24, 2.45) is 5.41 Å². The van der Waals surface area contributed by atoms with Gasteiger partial charge in [-0.25, -0.2) is 4.79 Å². The molecule has 3 N–H and O–H groups in total. The van der Waals surface area contributed by atoms with E-state index in [1.807, 2.05) is 6.92 Å². The van der Waals surface area contributed by atoms with Gasteiger partial charge in [-0.2, -0.15) is 0 Å². The molecule has 0 aromatic heterocycles. The van der Waals surface area contributed by atoms with E-state index in [-0.39, 0.29) is 30.0 Å². The summed E-state index contributed by atoms with van der Waals surface area (Å²) in [5.41, 5.74) is 0.155. The van der Waals surface area contributed by atoms with Crippen molar-refractivity contribution in [1.82, 2.24) is 10.6 Å². The molecule has 1 saturated carbocycles. The molecule has 2 atom stereocenters. The third-order valence-corrected chi connectivity index (χ3v) is 4.22. The van der Waals surface area contributed by atoms with Crippen LogP contribution in [0.4, 0.5) is 4.79 Å². The van der Waals surface area contributed by atoms with Crippen LogP contribution in [0.3, 0.4) is 0 Å². The van der Waals surface area contributed by atoms with E-state index in [2.05, 4.69) is 24.5 Å². The molecule has 0 aliphatic heterocycles. The van der Waals surface area contributed by atoms with E-state index in [4.69, 9.17) is 5.11 Å². The Morgan fingerprint density at radius 2 is 2.05 bits per heavy atom. The number of carbonyl (C=O) groups is 2. The fourth-order valence-electron chi connectivity index (χ4n) is 2.82. The Bertz CT molecular complexity index is 342. The molecule has 1 fully saturated rings. The number of hydrogen-bond donors (Lipinski definition) is 3. The second-order valence-electron chi connectivity index (χ2n) is 6.59. The Balaban J connectivity index is 2.30. The fraction of sp³-hybridized carbons (Fsp3) is 0.867. The van der Waals surface area contributed by atoms with Gasteiger partial charge in [0.15, 0.2) is 0 Å². The van der Waals surface area contributed by atoms with Gasteiger partial charge >= 0.3 is 12.0 Å². The number of carboxylic acids is 1. The zero-order valence-corrected chi connectivity index (χ0v) is 12.9. The number of aliphatic carboxylic acids is 1. The van der Waals surface area contributed by atoms with E-state index in [0.717, 1.165) is 12.8 Å². The zero-order valence-electron chi connectivity index (χ0n) is 12.9. The predicted octanol–water partition coefficient (Wildman–Crippen LogP) is 2.90. The molecule has 5 heteroatoms. The van der Waals surface area contributed by atoms with Crippen LogP contribution in [-0.4, -0.2) is 29.2 Å². The minimum atomic E-state index is -0.786. The third-order valence-electron chi connectivity index (χ3n) is 4.22. The van der Waals surface area contributed by atoms with Gasteiger partial charge in [-0.05, 0) is 38.0 Å². The highest BCUT2D eigenvalue weighted by Crippen LogP contribution is 2.35. The van der Waals surface area contributed by atoms with Crippen LogP contribution in [-0.2, 0) is 4.79 Å². The molecular weight excluding hydrogens is 256 g/mol. The van der Waals surface area contributed by atoms with Crippen LogP contribution in [0.15, 0.2) is 0 Å². The zero-order chi connectivity index (χ0) is 15.2. The van der Waals surface area contributed by atoms with Crippen molar-refractivity contribution in [2.75, 3.05) is 0 Å². The third kappa shape index (κ3) is 5.80. The number of carboxylic acid groups (broad SMARTS) is 1. The van der Waals surface area contributed by atoms with E-state index >= 15 is 0 Å². The molecule has 0 saturated heterocycles. The Morgan fingerprint density at radius 1 is 1.35 bits per heavy atom. The Labute approximate surface area is 121 Å². The first-order valence-corrected chi connectivity index (χ1v) is 7.60. The van der Waals surface area contributed by atoms with Crippen molar-refractivity contribution in [3.63, 3.8) is 0 Å². The maximum absolute atomic E-state index is 12.0. The molecule has 1 rings (SSSR count). The van der Waals surface area contributed by atoms with Gasteiger partial charge < -0.3 is 15.7 Å². The highest BCUT2D eigenvalue weighted by atomic mass is 16.4. The average molecular weight is 284 g/mol. The van der Waals surface area contributed by atoms with E-state index in [9.17, 15) is 9.59 Å². The van der Waals surface area contributed by atoms with Gasteiger partial charge in [0, 0.05) is 18.5 Å². The molecule has 1 aliphatic carbocycles. The van der Waals surface area contributed by atoms with E-state index < -0.39 is 5.97 Å². The summed E-state index contributed by atoms with van der Waals surface area (Å²) >= 11 is 0. The van der Waals surface area contributed by atoms with Crippen molar-refractivity contribution >= 4 is 12.0 Å². The van der Waals surface area contributed by atoms with Crippen LogP contribution in [0.25, 0.3) is 0 Å². The van der Waals surface area contributed by atoms with Gasteiger partial charge in [0.25, 0.3) is 0 Å². The molecule has 20 heavy (non-hydrogen) atoms. The molecular formula is C15H28N2O3. The first kappa shape index (κ1) is 16.8. The van der Waals surface area contributed by atoms with Crippen molar-refractivity contribution in [1.29, 1.82) is 0 Å². The van der Waals surface area contributed by atoms with E-state index in [0.29, 0.717) is 12.8 Å². The van der Waals surface area contributed by atoms with Crippen LogP contribution in [0.2, 0.25) is 0 Å². The molecule has 0 radical (unpaired) electrons. The summed E-state index contributed by atoms with van der Waals surface area (Å²) < 4.78 is 0.